The number of nitrogens with zero attached hydrogens (tertiary/aromatic N) is 2. The monoisotopic (exact) mass is 213 g/mol. The number of nitrogen functional groups attached to an aromatic ring is 1. The highest BCUT2D eigenvalue weighted by Gasteiger charge is 2.21. The predicted octanol–water partition coefficient (Wildman–Crippen LogP) is 0.539. The zero-order valence-corrected chi connectivity index (χ0v) is 8.83. The fourth-order valence-corrected chi connectivity index (χ4v) is 2.55. The number of rotatable bonds is 3. The van der Waals surface area contributed by atoms with Gasteiger partial charge in [0, 0.05) is 30.8 Å². The Morgan fingerprint density at radius 1 is 1.71 bits per heavy atom. The number of likely N-dealkylation sites (tertiary alicyclic amines) is 1. The van der Waals surface area contributed by atoms with Crippen LogP contribution in [-0.4, -0.2) is 34.7 Å². The number of hydrogen-bond donors (Lipinski definition) is 2. The summed E-state index contributed by atoms with van der Waals surface area (Å²) in [5, 5.41) is 9.63. The second-order valence-corrected chi connectivity index (χ2v) is 4.88. The van der Waals surface area contributed by atoms with Crippen molar-refractivity contribution in [2.45, 2.75) is 13.0 Å². The van der Waals surface area contributed by atoms with Crippen LogP contribution in [0, 0.1) is 5.92 Å². The smallest absolute Gasteiger partial charge is 0.180 e. The second kappa shape index (κ2) is 4.25. The number of aliphatic hydroxyl groups excluding tert-OH is 1. The van der Waals surface area contributed by atoms with Gasteiger partial charge in [0.2, 0.25) is 0 Å². The van der Waals surface area contributed by atoms with Gasteiger partial charge in [0.15, 0.2) is 5.13 Å². The molecule has 2 heterocycles. The van der Waals surface area contributed by atoms with Gasteiger partial charge in [-0.05, 0) is 18.9 Å². The predicted molar refractivity (Wildman–Crippen MR) is 57.0 cm³/mol. The normalized spacial score (nSPS) is 23.1. The lowest BCUT2D eigenvalue weighted by Gasteiger charge is -2.13. The van der Waals surface area contributed by atoms with Crippen molar-refractivity contribution in [1.29, 1.82) is 0 Å². The first-order valence-electron chi connectivity index (χ1n) is 4.81. The van der Waals surface area contributed by atoms with Crippen LogP contribution in [0.1, 0.15) is 11.3 Å². The maximum Gasteiger partial charge on any atom is 0.180 e. The highest BCUT2D eigenvalue weighted by atomic mass is 32.1. The Balaban J connectivity index is 1.87. The summed E-state index contributed by atoms with van der Waals surface area (Å²) in [7, 11) is 0. The van der Waals surface area contributed by atoms with Crippen LogP contribution in [0.4, 0.5) is 5.13 Å². The number of aromatic nitrogens is 1. The Morgan fingerprint density at radius 2 is 2.57 bits per heavy atom. The molecule has 1 aliphatic rings. The van der Waals surface area contributed by atoms with Crippen LogP contribution in [0.15, 0.2) is 6.20 Å². The van der Waals surface area contributed by atoms with E-state index in [1.165, 1.54) is 4.88 Å². The van der Waals surface area contributed by atoms with Crippen LogP contribution >= 0.6 is 11.3 Å². The van der Waals surface area contributed by atoms with Gasteiger partial charge in [-0.25, -0.2) is 4.98 Å². The number of hydrogen-bond acceptors (Lipinski definition) is 5. The first-order chi connectivity index (χ1) is 6.78. The van der Waals surface area contributed by atoms with Gasteiger partial charge in [-0.2, -0.15) is 0 Å². The first kappa shape index (κ1) is 9.89. The zero-order chi connectivity index (χ0) is 9.97. The summed E-state index contributed by atoms with van der Waals surface area (Å²) in [5.41, 5.74) is 5.56. The fourth-order valence-electron chi connectivity index (χ4n) is 1.82. The molecule has 4 nitrogen and oxygen atoms in total. The third kappa shape index (κ3) is 2.23. The van der Waals surface area contributed by atoms with Gasteiger partial charge in [0.1, 0.15) is 0 Å². The van der Waals surface area contributed by atoms with Gasteiger partial charge in [-0.3, -0.25) is 4.90 Å². The molecule has 1 saturated heterocycles. The molecular formula is C9H15N3OS. The van der Waals surface area contributed by atoms with Crippen molar-refractivity contribution >= 4 is 16.5 Å². The molecule has 0 bridgehead atoms. The molecule has 2 rings (SSSR count). The van der Waals surface area contributed by atoms with E-state index in [0.29, 0.717) is 17.7 Å². The standard InChI is InChI=1S/C9H15N3OS/c10-9-11-3-8(14-9)5-12-2-1-7(4-12)6-13/h3,7,13H,1-2,4-6H2,(H2,10,11). The fraction of sp³-hybridized carbons (Fsp3) is 0.667. The molecule has 1 unspecified atom stereocenters. The Bertz CT molecular complexity index is 302. The van der Waals surface area contributed by atoms with Crippen molar-refractivity contribution in [3.05, 3.63) is 11.1 Å². The van der Waals surface area contributed by atoms with E-state index in [1.54, 1.807) is 11.3 Å². The Hall–Kier alpha value is -0.650. The molecule has 0 radical (unpaired) electrons. The van der Waals surface area contributed by atoms with E-state index in [-0.39, 0.29) is 0 Å². The van der Waals surface area contributed by atoms with Crippen LogP contribution < -0.4 is 5.73 Å². The topological polar surface area (TPSA) is 62.4 Å². The molecule has 0 aromatic carbocycles. The van der Waals surface area contributed by atoms with Crippen molar-refractivity contribution in [2.24, 2.45) is 5.92 Å². The van der Waals surface area contributed by atoms with Gasteiger partial charge in [-0.15, -0.1) is 11.3 Å². The Morgan fingerprint density at radius 3 is 3.14 bits per heavy atom. The minimum atomic E-state index is 0.307. The molecule has 1 aromatic heterocycles. The third-order valence-electron chi connectivity index (χ3n) is 2.58. The van der Waals surface area contributed by atoms with Gasteiger partial charge < -0.3 is 10.8 Å². The van der Waals surface area contributed by atoms with E-state index in [2.05, 4.69) is 9.88 Å². The van der Waals surface area contributed by atoms with Gasteiger partial charge >= 0.3 is 0 Å². The summed E-state index contributed by atoms with van der Waals surface area (Å²) in [4.78, 5) is 7.57. The van der Waals surface area contributed by atoms with Crippen LogP contribution in [-0.2, 0) is 6.54 Å². The van der Waals surface area contributed by atoms with Crippen molar-refractivity contribution < 1.29 is 5.11 Å². The summed E-state index contributed by atoms with van der Waals surface area (Å²) in [6.45, 7) is 3.30. The second-order valence-electron chi connectivity index (χ2n) is 3.74. The molecule has 1 fully saturated rings. The van der Waals surface area contributed by atoms with Gasteiger partial charge in [0.25, 0.3) is 0 Å². The summed E-state index contributed by atoms with van der Waals surface area (Å²) < 4.78 is 0. The first-order valence-corrected chi connectivity index (χ1v) is 5.63. The molecule has 1 aliphatic heterocycles. The van der Waals surface area contributed by atoms with Crippen molar-refractivity contribution in [1.82, 2.24) is 9.88 Å². The summed E-state index contributed by atoms with van der Waals surface area (Å²) in [6.07, 6.45) is 2.94. The van der Waals surface area contributed by atoms with Gasteiger partial charge in [0.05, 0.1) is 0 Å². The zero-order valence-electron chi connectivity index (χ0n) is 8.02. The SMILES string of the molecule is Nc1ncc(CN2CCC(CO)C2)s1. The van der Waals surface area contributed by atoms with E-state index in [4.69, 9.17) is 10.8 Å². The van der Waals surface area contributed by atoms with E-state index in [0.717, 1.165) is 26.1 Å². The van der Waals surface area contributed by atoms with Crippen molar-refractivity contribution in [3.63, 3.8) is 0 Å². The minimum absolute atomic E-state index is 0.307. The molecule has 14 heavy (non-hydrogen) atoms. The Kier molecular flexibility index (Phi) is 3.00. The largest absolute Gasteiger partial charge is 0.396 e. The van der Waals surface area contributed by atoms with Crippen LogP contribution in [0.25, 0.3) is 0 Å². The highest BCUT2D eigenvalue weighted by molar-refractivity contribution is 7.15. The molecule has 0 aliphatic carbocycles. The lowest BCUT2D eigenvalue weighted by molar-refractivity contribution is 0.220. The lowest BCUT2D eigenvalue weighted by Crippen LogP contribution is -2.20. The molecule has 0 amide bonds. The minimum Gasteiger partial charge on any atom is -0.396 e. The lowest BCUT2D eigenvalue weighted by atomic mass is 10.1. The quantitative estimate of drug-likeness (QED) is 0.769. The van der Waals surface area contributed by atoms with Crippen molar-refractivity contribution in [2.75, 3.05) is 25.4 Å². The number of anilines is 1. The molecule has 1 atom stereocenters. The summed E-state index contributed by atoms with van der Waals surface area (Å²) in [5.74, 6) is 0.459. The van der Waals surface area contributed by atoms with E-state index >= 15 is 0 Å². The number of aliphatic hydroxyl groups is 1. The molecule has 78 valence electrons. The maximum absolute atomic E-state index is 9.00. The van der Waals surface area contributed by atoms with E-state index in [1.807, 2.05) is 6.20 Å². The van der Waals surface area contributed by atoms with Crippen LogP contribution in [0.3, 0.4) is 0 Å². The third-order valence-corrected chi connectivity index (χ3v) is 3.39. The summed E-state index contributed by atoms with van der Waals surface area (Å²) >= 11 is 1.55. The molecule has 1 aromatic rings. The van der Waals surface area contributed by atoms with Crippen LogP contribution in [0.2, 0.25) is 0 Å². The molecule has 3 N–H and O–H groups in total. The molecular weight excluding hydrogens is 198 g/mol. The highest BCUT2D eigenvalue weighted by Crippen LogP contribution is 2.21. The van der Waals surface area contributed by atoms with Crippen molar-refractivity contribution in [3.8, 4) is 0 Å². The Labute approximate surface area is 87.4 Å². The molecule has 0 spiro atoms. The maximum atomic E-state index is 9.00. The van der Waals surface area contributed by atoms with Crippen LogP contribution in [0.5, 0.6) is 0 Å². The average Bonchev–Trinajstić information content (AvgIpc) is 2.76. The molecule has 5 heteroatoms. The summed E-state index contributed by atoms with van der Waals surface area (Å²) in [6, 6.07) is 0. The molecule has 0 saturated carbocycles. The number of nitrogens with two attached hydrogens (primary N) is 1. The van der Waals surface area contributed by atoms with Gasteiger partial charge in [-0.1, -0.05) is 0 Å². The average molecular weight is 213 g/mol. The number of thiazole rings is 1. The van der Waals surface area contributed by atoms with E-state index in [9.17, 15) is 0 Å². The van der Waals surface area contributed by atoms with E-state index < -0.39 is 0 Å².